The number of hydrogen-bond acceptors (Lipinski definition) is 3. The van der Waals surface area contributed by atoms with Crippen molar-refractivity contribution in [1.29, 1.82) is 0 Å². The third-order valence-corrected chi connectivity index (χ3v) is 1.69. The Labute approximate surface area is 74.2 Å². The molecule has 1 heterocycles. The van der Waals surface area contributed by atoms with E-state index in [4.69, 9.17) is 10.8 Å². The molecule has 0 saturated carbocycles. The van der Waals surface area contributed by atoms with Crippen LogP contribution in [0.2, 0.25) is 0 Å². The summed E-state index contributed by atoms with van der Waals surface area (Å²) in [5.41, 5.74) is 3.77. The van der Waals surface area contributed by atoms with Gasteiger partial charge in [0.1, 0.15) is 0 Å². The summed E-state index contributed by atoms with van der Waals surface area (Å²) in [6, 6.07) is 3.87. The van der Waals surface area contributed by atoms with Crippen LogP contribution in [0.25, 0.3) is 0 Å². The van der Waals surface area contributed by atoms with Crippen molar-refractivity contribution in [2.24, 2.45) is 5.73 Å². The highest BCUT2D eigenvalue weighted by atomic mass is 19.1. The number of pyridine rings is 1. The number of aliphatic carboxylic acids is 1. The van der Waals surface area contributed by atoms with E-state index < -0.39 is 17.5 Å². The van der Waals surface area contributed by atoms with Gasteiger partial charge in [-0.3, -0.25) is 0 Å². The average molecular weight is 184 g/mol. The van der Waals surface area contributed by atoms with Crippen LogP contribution in [0.15, 0.2) is 18.2 Å². The topological polar surface area (TPSA) is 76.2 Å². The Morgan fingerprint density at radius 2 is 2.31 bits per heavy atom. The number of aromatic nitrogens is 1. The molecule has 0 unspecified atom stereocenters. The molecule has 0 aliphatic rings. The number of nitrogens with two attached hydrogens (primary N) is 1. The van der Waals surface area contributed by atoms with Crippen LogP contribution in [0.5, 0.6) is 0 Å². The Bertz CT molecular complexity index is 339. The fourth-order valence-corrected chi connectivity index (χ4v) is 0.807. The molecule has 1 rings (SSSR count). The minimum atomic E-state index is -1.65. The number of hydrogen-bond donors (Lipinski definition) is 2. The fraction of sp³-hybridized carbons (Fsp3) is 0.250. The fourth-order valence-electron chi connectivity index (χ4n) is 0.807. The first-order valence-electron chi connectivity index (χ1n) is 3.60. The van der Waals surface area contributed by atoms with Crippen molar-refractivity contribution in [2.75, 3.05) is 0 Å². The van der Waals surface area contributed by atoms with Gasteiger partial charge in [-0.15, -0.1) is 0 Å². The van der Waals surface area contributed by atoms with Gasteiger partial charge >= 0.3 is 5.97 Å². The zero-order valence-corrected chi connectivity index (χ0v) is 6.99. The minimum Gasteiger partial charge on any atom is -0.480 e. The summed E-state index contributed by atoms with van der Waals surface area (Å²) in [4.78, 5) is 14.0. The summed E-state index contributed by atoms with van der Waals surface area (Å²) in [5.74, 6) is -1.99. The van der Waals surface area contributed by atoms with Crippen LogP contribution in [0.4, 0.5) is 4.39 Å². The van der Waals surface area contributed by atoms with E-state index in [0.717, 1.165) is 6.07 Å². The molecule has 0 amide bonds. The number of halogens is 1. The molecule has 3 N–H and O–H groups in total. The standard InChI is InChI=1S/C8H9FN2O2/c1-8(10,7(12)13)5-3-2-4-6(9)11-5/h2-4H,10H2,1H3,(H,12,13)/t8-/m1/s1. The van der Waals surface area contributed by atoms with Crippen molar-refractivity contribution in [2.45, 2.75) is 12.5 Å². The molecule has 0 fully saturated rings. The molecule has 5 heteroatoms. The Balaban J connectivity index is 3.14. The lowest BCUT2D eigenvalue weighted by atomic mass is 9.99. The van der Waals surface area contributed by atoms with Gasteiger partial charge in [0.15, 0.2) is 5.54 Å². The Morgan fingerprint density at radius 3 is 2.77 bits per heavy atom. The average Bonchev–Trinajstić information content (AvgIpc) is 2.04. The number of carboxylic acid groups (broad SMARTS) is 1. The lowest BCUT2D eigenvalue weighted by molar-refractivity contribution is -0.143. The van der Waals surface area contributed by atoms with E-state index in [1.165, 1.54) is 19.1 Å². The molecule has 70 valence electrons. The maximum Gasteiger partial charge on any atom is 0.329 e. The van der Waals surface area contributed by atoms with Gasteiger partial charge in [0.05, 0.1) is 5.69 Å². The number of carbonyl (C=O) groups is 1. The molecule has 1 aromatic rings. The second-order valence-corrected chi connectivity index (χ2v) is 2.85. The van der Waals surface area contributed by atoms with E-state index in [9.17, 15) is 9.18 Å². The van der Waals surface area contributed by atoms with Gasteiger partial charge in [0, 0.05) is 0 Å². The van der Waals surface area contributed by atoms with Crippen LogP contribution in [0.3, 0.4) is 0 Å². The molecule has 0 saturated heterocycles. The third kappa shape index (κ3) is 1.81. The minimum absolute atomic E-state index is 0.000000000000000222. The second kappa shape index (κ2) is 3.10. The zero-order chi connectivity index (χ0) is 10.1. The first-order valence-corrected chi connectivity index (χ1v) is 3.60. The van der Waals surface area contributed by atoms with Crippen LogP contribution in [-0.4, -0.2) is 16.1 Å². The highest BCUT2D eigenvalue weighted by molar-refractivity contribution is 5.79. The summed E-state index contributed by atoms with van der Waals surface area (Å²) >= 11 is 0. The van der Waals surface area contributed by atoms with Crippen LogP contribution >= 0.6 is 0 Å². The van der Waals surface area contributed by atoms with Crippen LogP contribution < -0.4 is 5.73 Å². The number of rotatable bonds is 2. The predicted molar refractivity (Wildman–Crippen MR) is 43.4 cm³/mol. The molecule has 1 aromatic heterocycles. The summed E-state index contributed by atoms with van der Waals surface area (Å²) in [5, 5.41) is 8.70. The zero-order valence-electron chi connectivity index (χ0n) is 6.99. The van der Waals surface area contributed by atoms with E-state index in [-0.39, 0.29) is 5.69 Å². The van der Waals surface area contributed by atoms with E-state index in [1.807, 2.05) is 0 Å². The molecule has 0 spiro atoms. The van der Waals surface area contributed by atoms with Crippen molar-refractivity contribution in [3.63, 3.8) is 0 Å². The van der Waals surface area contributed by atoms with Crippen molar-refractivity contribution in [1.82, 2.24) is 4.98 Å². The normalized spacial score (nSPS) is 15.0. The Morgan fingerprint density at radius 1 is 1.69 bits per heavy atom. The van der Waals surface area contributed by atoms with Gasteiger partial charge in [0.25, 0.3) is 0 Å². The molecule has 4 nitrogen and oxygen atoms in total. The smallest absolute Gasteiger partial charge is 0.329 e. The van der Waals surface area contributed by atoms with Crippen molar-refractivity contribution in [3.05, 3.63) is 29.8 Å². The van der Waals surface area contributed by atoms with E-state index in [0.29, 0.717) is 0 Å². The van der Waals surface area contributed by atoms with Crippen molar-refractivity contribution in [3.8, 4) is 0 Å². The molecule has 0 aromatic carbocycles. The van der Waals surface area contributed by atoms with Gasteiger partial charge in [-0.1, -0.05) is 6.07 Å². The summed E-state index contributed by atoms with van der Waals surface area (Å²) in [7, 11) is 0. The predicted octanol–water partition coefficient (Wildman–Crippen LogP) is 0.479. The Kier molecular flexibility index (Phi) is 2.29. The van der Waals surface area contributed by atoms with Crippen LogP contribution in [0.1, 0.15) is 12.6 Å². The van der Waals surface area contributed by atoms with Crippen molar-refractivity contribution >= 4 is 5.97 Å². The molecular weight excluding hydrogens is 175 g/mol. The quantitative estimate of drug-likeness (QED) is 0.655. The van der Waals surface area contributed by atoms with Gasteiger partial charge in [-0.25, -0.2) is 9.78 Å². The second-order valence-electron chi connectivity index (χ2n) is 2.85. The number of nitrogens with zero attached hydrogens (tertiary/aromatic N) is 1. The van der Waals surface area contributed by atoms with Gasteiger partial charge in [-0.05, 0) is 19.1 Å². The molecule has 1 atom stereocenters. The molecule has 0 radical (unpaired) electrons. The first kappa shape index (κ1) is 9.60. The van der Waals surface area contributed by atoms with Gasteiger partial charge < -0.3 is 10.8 Å². The lowest BCUT2D eigenvalue weighted by Crippen LogP contribution is -2.42. The first-order chi connectivity index (χ1) is 5.94. The van der Waals surface area contributed by atoms with E-state index >= 15 is 0 Å². The molecule has 0 aliphatic heterocycles. The summed E-state index contributed by atoms with van der Waals surface area (Å²) < 4.78 is 12.6. The molecule has 13 heavy (non-hydrogen) atoms. The maximum absolute atomic E-state index is 12.6. The lowest BCUT2D eigenvalue weighted by Gasteiger charge is -2.17. The number of carboxylic acids is 1. The SMILES string of the molecule is C[C@](N)(C(=O)O)c1cccc(F)n1. The Hall–Kier alpha value is -1.49. The van der Waals surface area contributed by atoms with E-state index in [2.05, 4.69) is 4.98 Å². The molecular formula is C8H9FN2O2. The monoisotopic (exact) mass is 184 g/mol. The molecule has 0 aliphatic carbocycles. The van der Waals surface area contributed by atoms with E-state index in [1.54, 1.807) is 0 Å². The maximum atomic E-state index is 12.6. The van der Waals surface area contributed by atoms with Crippen LogP contribution in [-0.2, 0) is 10.3 Å². The third-order valence-electron chi connectivity index (χ3n) is 1.69. The van der Waals surface area contributed by atoms with Crippen molar-refractivity contribution < 1.29 is 14.3 Å². The highest BCUT2D eigenvalue weighted by Gasteiger charge is 2.31. The van der Waals surface area contributed by atoms with Crippen LogP contribution in [0, 0.1) is 5.95 Å². The largest absolute Gasteiger partial charge is 0.480 e. The van der Waals surface area contributed by atoms with Gasteiger partial charge in [-0.2, -0.15) is 4.39 Å². The highest BCUT2D eigenvalue weighted by Crippen LogP contribution is 2.15. The summed E-state index contributed by atoms with van der Waals surface area (Å²) in [6.07, 6.45) is 0. The molecule has 0 bridgehead atoms. The summed E-state index contributed by atoms with van der Waals surface area (Å²) in [6.45, 7) is 1.26. The van der Waals surface area contributed by atoms with Gasteiger partial charge in [0.2, 0.25) is 5.95 Å².